The maximum Gasteiger partial charge on any atom is 0.118 e. The predicted octanol–water partition coefficient (Wildman–Crippen LogP) is 4.62. The number of aryl methyl sites for hydroxylation is 2. The molecular formula is C23H25N2O2P. The Hall–Kier alpha value is -2.84. The van der Waals surface area contributed by atoms with Crippen LogP contribution in [0.4, 0.5) is 5.69 Å². The van der Waals surface area contributed by atoms with Crippen LogP contribution in [0, 0.1) is 13.8 Å². The van der Waals surface area contributed by atoms with E-state index in [2.05, 4.69) is 61.4 Å². The predicted molar refractivity (Wildman–Crippen MR) is 119 cm³/mol. The van der Waals surface area contributed by atoms with E-state index in [0.717, 1.165) is 28.3 Å². The van der Waals surface area contributed by atoms with E-state index in [0.29, 0.717) is 0 Å². The monoisotopic (exact) mass is 392 g/mol. The molecular weight excluding hydrogens is 367 g/mol. The van der Waals surface area contributed by atoms with Gasteiger partial charge in [-0.15, -0.1) is 0 Å². The molecule has 5 heteroatoms. The summed E-state index contributed by atoms with van der Waals surface area (Å²) in [6.45, 7) is 4.16. The summed E-state index contributed by atoms with van der Waals surface area (Å²) >= 11 is 0. The number of hydrogen-bond donors (Lipinski definition) is 1. The molecule has 0 aliphatic carbocycles. The number of aliphatic imine (C=N–C) groups is 1. The van der Waals surface area contributed by atoms with E-state index >= 15 is 0 Å². The lowest BCUT2D eigenvalue weighted by molar-refractivity contribution is 0.415. The molecule has 0 aromatic heterocycles. The third kappa shape index (κ3) is 4.71. The lowest BCUT2D eigenvalue weighted by Crippen LogP contribution is -2.22. The van der Waals surface area contributed by atoms with Gasteiger partial charge in [0.05, 0.1) is 34.3 Å². The van der Waals surface area contributed by atoms with Crippen molar-refractivity contribution in [3.05, 3.63) is 77.9 Å². The average molecular weight is 392 g/mol. The number of rotatable bonds is 7. The first kappa shape index (κ1) is 19.9. The Bertz CT molecular complexity index is 870. The van der Waals surface area contributed by atoms with Gasteiger partial charge in [-0.25, -0.2) is 4.99 Å². The molecule has 0 radical (unpaired) electrons. The highest BCUT2D eigenvalue weighted by Crippen LogP contribution is 2.30. The first-order chi connectivity index (χ1) is 13.6. The highest BCUT2D eigenvalue weighted by atomic mass is 31.1. The van der Waals surface area contributed by atoms with Crippen molar-refractivity contribution in [2.24, 2.45) is 4.99 Å². The zero-order valence-electron chi connectivity index (χ0n) is 16.6. The second kappa shape index (κ2) is 9.38. The van der Waals surface area contributed by atoms with E-state index in [1.807, 2.05) is 30.6 Å². The fourth-order valence-corrected chi connectivity index (χ4v) is 4.59. The normalized spacial score (nSPS) is 11.0. The number of nitrogens with one attached hydrogen (secondary N) is 1. The highest BCUT2D eigenvalue weighted by Gasteiger charge is 2.13. The third-order valence-electron chi connectivity index (χ3n) is 4.48. The van der Waals surface area contributed by atoms with Crippen LogP contribution in [0.5, 0.6) is 11.5 Å². The lowest BCUT2D eigenvalue weighted by atomic mass is 10.1. The van der Waals surface area contributed by atoms with Gasteiger partial charge in [-0.1, -0.05) is 18.2 Å². The van der Waals surface area contributed by atoms with Crippen molar-refractivity contribution in [1.82, 2.24) is 5.09 Å². The van der Waals surface area contributed by atoms with Crippen molar-refractivity contribution in [2.45, 2.75) is 13.8 Å². The Morgan fingerprint density at radius 3 is 1.64 bits per heavy atom. The van der Waals surface area contributed by atoms with Crippen molar-refractivity contribution in [3.63, 3.8) is 0 Å². The van der Waals surface area contributed by atoms with Gasteiger partial charge in [0.25, 0.3) is 0 Å². The summed E-state index contributed by atoms with van der Waals surface area (Å²) in [5, 5.41) is 5.90. The maximum atomic E-state index is 5.29. The van der Waals surface area contributed by atoms with Crippen LogP contribution in [0.25, 0.3) is 0 Å². The minimum Gasteiger partial charge on any atom is -0.497 e. The van der Waals surface area contributed by atoms with Gasteiger partial charge in [0.15, 0.2) is 0 Å². The molecule has 0 saturated heterocycles. The largest absolute Gasteiger partial charge is 0.497 e. The fraction of sp³-hybridized carbons (Fsp3) is 0.174. The zero-order valence-corrected chi connectivity index (χ0v) is 17.5. The molecule has 0 amide bonds. The van der Waals surface area contributed by atoms with Crippen LogP contribution in [0.15, 0.2) is 71.7 Å². The van der Waals surface area contributed by atoms with E-state index in [4.69, 9.17) is 14.5 Å². The molecule has 0 saturated carbocycles. The molecule has 0 fully saturated rings. The molecule has 1 N–H and O–H groups in total. The molecule has 28 heavy (non-hydrogen) atoms. The van der Waals surface area contributed by atoms with E-state index in [9.17, 15) is 0 Å². The van der Waals surface area contributed by atoms with Gasteiger partial charge in [0.2, 0.25) is 0 Å². The van der Waals surface area contributed by atoms with Gasteiger partial charge in [-0.3, -0.25) is 0 Å². The number of benzene rings is 3. The van der Waals surface area contributed by atoms with E-state index in [-0.39, 0.29) is 0 Å². The second-order valence-electron chi connectivity index (χ2n) is 6.36. The summed E-state index contributed by atoms with van der Waals surface area (Å²) < 4.78 is 10.6. The molecule has 0 aliphatic rings. The zero-order chi connectivity index (χ0) is 19.9. The first-order valence-electron chi connectivity index (χ1n) is 9.05. The van der Waals surface area contributed by atoms with Crippen molar-refractivity contribution in [1.29, 1.82) is 0 Å². The van der Waals surface area contributed by atoms with Crippen molar-refractivity contribution in [3.8, 4) is 11.5 Å². The van der Waals surface area contributed by atoms with Gasteiger partial charge in [-0.2, -0.15) is 0 Å². The Kier molecular flexibility index (Phi) is 6.67. The van der Waals surface area contributed by atoms with Crippen LogP contribution >= 0.6 is 8.07 Å². The molecule has 3 aromatic carbocycles. The highest BCUT2D eigenvalue weighted by molar-refractivity contribution is 7.71. The number of hydrogen-bond acceptors (Lipinski definition) is 3. The van der Waals surface area contributed by atoms with Gasteiger partial charge in [0.1, 0.15) is 11.5 Å². The van der Waals surface area contributed by atoms with E-state index in [1.54, 1.807) is 14.2 Å². The smallest absolute Gasteiger partial charge is 0.118 e. The van der Waals surface area contributed by atoms with Crippen LogP contribution in [-0.2, 0) is 0 Å². The Morgan fingerprint density at radius 1 is 0.750 bits per heavy atom. The summed E-state index contributed by atoms with van der Waals surface area (Å²) in [4.78, 5) is 4.69. The summed E-state index contributed by atoms with van der Waals surface area (Å²) in [5.41, 5.74) is 3.34. The molecule has 144 valence electrons. The second-order valence-corrected chi connectivity index (χ2v) is 8.32. The summed E-state index contributed by atoms with van der Waals surface area (Å²) in [6, 6.07) is 22.5. The Labute approximate surface area is 168 Å². The van der Waals surface area contributed by atoms with Gasteiger partial charge < -0.3 is 14.6 Å². The molecule has 0 unspecified atom stereocenters. The van der Waals surface area contributed by atoms with Gasteiger partial charge in [0, 0.05) is 10.6 Å². The lowest BCUT2D eigenvalue weighted by Gasteiger charge is -2.19. The third-order valence-corrected chi connectivity index (χ3v) is 6.48. The van der Waals surface area contributed by atoms with Gasteiger partial charge >= 0.3 is 0 Å². The number of ether oxygens (including phenoxy) is 2. The molecule has 0 spiro atoms. The van der Waals surface area contributed by atoms with Crippen LogP contribution in [0.3, 0.4) is 0 Å². The summed E-state index contributed by atoms with van der Waals surface area (Å²) in [5.74, 6) is 1.69. The molecule has 3 rings (SSSR count). The van der Waals surface area contributed by atoms with E-state index in [1.165, 1.54) is 10.6 Å². The van der Waals surface area contributed by atoms with Crippen LogP contribution < -0.4 is 25.2 Å². The van der Waals surface area contributed by atoms with Crippen LogP contribution in [0.2, 0.25) is 0 Å². The maximum absolute atomic E-state index is 5.29. The number of nitrogens with zero attached hydrogens (tertiary/aromatic N) is 1. The average Bonchev–Trinajstić information content (AvgIpc) is 2.73. The van der Waals surface area contributed by atoms with Crippen LogP contribution in [0.1, 0.15) is 11.1 Å². The summed E-state index contributed by atoms with van der Waals surface area (Å²) in [6.07, 6.45) is 1.81. The summed E-state index contributed by atoms with van der Waals surface area (Å²) in [7, 11) is 2.54. The van der Waals surface area contributed by atoms with Crippen molar-refractivity contribution < 1.29 is 9.47 Å². The number of methoxy groups -OCH3 is 2. The number of para-hydroxylation sites is 1. The molecule has 4 nitrogen and oxygen atoms in total. The molecule has 0 aliphatic heterocycles. The minimum atomic E-state index is -0.812. The SMILES string of the molecule is COc1ccc(P(NC=Nc2c(C)cccc2C)c2ccc(OC)cc2)cc1. The Balaban J connectivity index is 1.89. The van der Waals surface area contributed by atoms with E-state index < -0.39 is 8.07 Å². The standard InChI is InChI=1S/C23H25N2O2P/c1-17-6-5-7-18(2)23(17)24-16-25-28(21-12-8-19(26-3)9-13-21)22-14-10-20(27-4)11-15-22/h5-16H,1-4H3,(H,24,25). The Morgan fingerprint density at radius 2 is 1.21 bits per heavy atom. The minimum absolute atomic E-state index is 0.812. The van der Waals surface area contributed by atoms with Gasteiger partial charge in [-0.05, 0) is 73.5 Å². The molecule has 3 aromatic rings. The molecule has 0 heterocycles. The fourth-order valence-electron chi connectivity index (χ4n) is 2.92. The first-order valence-corrected chi connectivity index (χ1v) is 10.4. The molecule has 0 atom stereocenters. The quantitative estimate of drug-likeness (QED) is 0.363. The molecule has 0 bridgehead atoms. The van der Waals surface area contributed by atoms with Crippen molar-refractivity contribution in [2.75, 3.05) is 14.2 Å². The van der Waals surface area contributed by atoms with Crippen LogP contribution in [-0.4, -0.2) is 20.6 Å². The van der Waals surface area contributed by atoms with Crippen molar-refractivity contribution >= 4 is 30.7 Å². The topological polar surface area (TPSA) is 42.8 Å².